The predicted octanol–water partition coefficient (Wildman–Crippen LogP) is 2.21. The molecule has 2 heterocycles. The molecule has 6 nitrogen and oxygen atoms in total. The van der Waals surface area contributed by atoms with Crippen molar-refractivity contribution in [2.75, 3.05) is 7.11 Å². The van der Waals surface area contributed by atoms with Crippen molar-refractivity contribution in [2.45, 2.75) is 31.7 Å². The molecule has 3 rings (SSSR count). The highest BCUT2D eigenvalue weighted by Crippen LogP contribution is 2.56. The van der Waals surface area contributed by atoms with Gasteiger partial charge in [0.1, 0.15) is 23.6 Å². The second-order valence-corrected chi connectivity index (χ2v) is 5.00. The van der Waals surface area contributed by atoms with Gasteiger partial charge in [0.2, 0.25) is 5.75 Å². The molecule has 0 amide bonds. The summed E-state index contributed by atoms with van der Waals surface area (Å²) in [4.78, 5) is 10.6. The second kappa shape index (κ2) is 3.35. The Kier molecular flexibility index (Phi) is 2.10. The quantitative estimate of drug-likeness (QED) is 0.457. The highest BCUT2D eigenvalue weighted by molar-refractivity contribution is 5.59. The molecular formula is C12H13NO5. The summed E-state index contributed by atoms with van der Waals surface area (Å²) >= 11 is 0. The van der Waals surface area contributed by atoms with E-state index in [1.807, 2.05) is 13.8 Å². The van der Waals surface area contributed by atoms with Gasteiger partial charge in [-0.15, -0.1) is 0 Å². The van der Waals surface area contributed by atoms with Gasteiger partial charge >= 0.3 is 5.69 Å². The molecule has 0 radical (unpaired) electrons. The number of rotatable bonds is 2. The normalized spacial score (nSPS) is 26.6. The van der Waals surface area contributed by atoms with Gasteiger partial charge in [0.25, 0.3) is 0 Å². The average molecular weight is 251 g/mol. The summed E-state index contributed by atoms with van der Waals surface area (Å²) in [7, 11) is 1.48. The van der Waals surface area contributed by atoms with Crippen LogP contribution in [0.5, 0.6) is 11.5 Å². The largest absolute Gasteiger partial charge is 0.496 e. The lowest BCUT2D eigenvalue weighted by molar-refractivity contribution is -0.386. The minimum Gasteiger partial charge on any atom is -0.496 e. The second-order valence-electron chi connectivity index (χ2n) is 5.00. The van der Waals surface area contributed by atoms with Crippen LogP contribution in [0.25, 0.3) is 0 Å². The summed E-state index contributed by atoms with van der Waals surface area (Å²) in [6.45, 7) is 3.74. The van der Waals surface area contributed by atoms with Crippen molar-refractivity contribution in [1.29, 1.82) is 0 Å². The van der Waals surface area contributed by atoms with Gasteiger partial charge < -0.3 is 14.2 Å². The van der Waals surface area contributed by atoms with Crippen molar-refractivity contribution in [3.63, 3.8) is 0 Å². The van der Waals surface area contributed by atoms with Gasteiger partial charge in [-0.3, -0.25) is 10.1 Å². The summed E-state index contributed by atoms with van der Waals surface area (Å²) in [6.07, 6.45) is -0.172. The molecule has 2 unspecified atom stereocenters. The van der Waals surface area contributed by atoms with Crippen LogP contribution in [0, 0.1) is 10.1 Å². The zero-order valence-electron chi connectivity index (χ0n) is 10.3. The van der Waals surface area contributed by atoms with Crippen molar-refractivity contribution in [2.24, 2.45) is 0 Å². The fraction of sp³-hybridized carbons (Fsp3) is 0.500. The molecule has 1 aromatic carbocycles. The molecule has 0 spiro atoms. The number of methoxy groups -OCH3 is 1. The van der Waals surface area contributed by atoms with E-state index >= 15 is 0 Å². The van der Waals surface area contributed by atoms with Crippen molar-refractivity contribution >= 4 is 5.69 Å². The minimum absolute atomic E-state index is 0.0447. The van der Waals surface area contributed by atoms with Crippen LogP contribution in [0.2, 0.25) is 0 Å². The van der Waals surface area contributed by atoms with E-state index in [0.717, 1.165) is 0 Å². The third kappa shape index (κ3) is 1.45. The van der Waals surface area contributed by atoms with Gasteiger partial charge in [-0.05, 0) is 19.9 Å². The predicted molar refractivity (Wildman–Crippen MR) is 62.0 cm³/mol. The maximum absolute atomic E-state index is 11.1. The molecule has 2 atom stereocenters. The lowest BCUT2D eigenvalue weighted by Gasteiger charge is -2.29. The molecule has 1 saturated heterocycles. The number of hydrogen-bond donors (Lipinski definition) is 0. The third-order valence-electron chi connectivity index (χ3n) is 3.35. The molecule has 0 aliphatic carbocycles. The van der Waals surface area contributed by atoms with E-state index in [1.54, 1.807) is 6.07 Å². The van der Waals surface area contributed by atoms with E-state index in [0.29, 0.717) is 17.1 Å². The van der Waals surface area contributed by atoms with Gasteiger partial charge in [-0.1, -0.05) is 0 Å². The Morgan fingerprint density at radius 3 is 2.78 bits per heavy atom. The monoisotopic (exact) mass is 251 g/mol. The van der Waals surface area contributed by atoms with Crippen molar-refractivity contribution in [3.8, 4) is 11.5 Å². The molecule has 1 fully saturated rings. The molecule has 0 aromatic heterocycles. The lowest BCUT2D eigenvalue weighted by atomic mass is 9.93. The van der Waals surface area contributed by atoms with Crippen LogP contribution >= 0.6 is 0 Å². The topological polar surface area (TPSA) is 74.1 Å². The van der Waals surface area contributed by atoms with Crippen LogP contribution in [-0.4, -0.2) is 23.7 Å². The first-order valence-corrected chi connectivity index (χ1v) is 5.65. The molecule has 18 heavy (non-hydrogen) atoms. The van der Waals surface area contributed by atoms with Crippen molar-refractivity contribution in [3.05, 3.63) is 27.8 Å². The van der Waals surface area contributed by atoms with E-state index in [1.165, 1.54) is 13.2 Å². The Balaban J connectivity index is 2.18. The number of hydrogen-bond acceptors (Lipinski definition) is 5. The molecule has 0 saturated carbocycles. The number of nitrogens with zero attached hydrogens (tertiary/aromatic N) is 1. The summed E-state index contributed by atoms with van der Waals surface area (Å²) in [5.74, 6) is 0.738. The Bertz CT molecular complexity index is 540. The van der Waals surface area contributed by atoms with Crippen LogP contribution in [0.4, 0.5) is 5.69 Å². The Morgan fingerprint density at radius 1 is 1.44 bits per heavy atom. The van der Waals surface area contributed by atoms with Gasteiger partial charge in [0.05, 0.1) is 18.1 Å². The summed E-state index contributed by atoms with van der Waals surface area (Å²) in [5, 5.41) is 11.1. The van der Waals surface area contributed by atoms with Crippen LogP contribution in [0.15, 0.2) is 12.1 Å². The first-order valence-electron chi connectivity index (χ1n) is 5.65. The Labute approximate surface area is 104 Å². The zero-order chi connectivity index (χ0) is 13.1. The average Bonchev–Trinajstić information content (AvgIpc) is 3.08. The standard InChI is InChI=1S/C12H13NO5/c1-12(2)11-10(17-11)7-4-6(16-3)5-8(13(14)15)9(7)18-12/h4-5,10-11H,1-3H3. The first-order chi connectivity index (χ1) is 8.44. The van der Waals surface area contributed by atoms with Crippen LogP contribution in [0.3, 0.4) is 0 Å². The van der Waals surface area contributed by atoms with E-state index in [-0.39, 0.29) is 17.9 Å². The van der Waals surface area contributed by atoms with Gasteiger partial charge in [-0.25, -0.2) is 0 Å². The highest BCUT2D eigenvalue weighted by atomic mass is 16.6. The summed E-state index contributed by atoms with van der Waals surface area (Å²) in [5.41, 5.74) is 0.0774. The number of nitro groups is 1. The van der Waals surface area contributed by atoms with Crippen LogP contribution in [0.1, 0.15) is 25.5 Å². The zero-order valence-corrected chi connectivity index (χ0v) is 10.3. The van der Waals surface area contributed by atoms with E-state index in [2.05, 4.69) is 0 Å². The van der Waals surface area contributed by atoms with Gasteiger partial charge in [-0.2, -0.15) is 0 Å². The Morgan fingerprint density at radius 2 is 2.17 bits per heavy atom. The molecule has 2 aliphatic rings. The molecule has 0 N–H and O–H groups in total. The van der Waals surface area contributed by atoms with Gasteiger partial charge in [0, 0.05) is 5.56 Å². The number of benzene rings is 1. The molecule has 6 heteroatoms. The van der Waals surface area contributed by atoms with Crippen molar-refractivity contribution in [1.82, 2.24) is 0 Å². The smallest absolute Gasteiger partial charge is 0.315 e. The van der Waals surface area contributed by atoms with E-state index in [9.17, 15) is 10.1 Å². The number of epoxide rings is 1. The Hall–Kier alpha value is -1.82. The first kappa shape index (κ1) is 11.3. The van der Waals surface area contributed by atoms with Gasteiger partial charge in [0.15, 0.2) is 0 Å². The molecule has 1 aromatic rings. The summed E-state index contributed by atoms with van der Waals surface area (Å²) in [6, 6.07) is 3.11. The fourth-order valence-electron chi connectivity index (χ4n) is 2.38. The lowest BCUT2D eigenvalue weighted by Crippen LogP contribution is -2.38. The number of nitro benzene ring substituents is 1. The molecule has 96 valence electrons. The fourth-order valence-corrected chi connectivity index (χ4v) is 2.38. The molecule has 2 aliphatic heterocycles. The van der Waals surface area contributed by atoms with Crippen LogP contribution in [-0.2, 0) is 4.74 Å². The maximum atomic E-state index is 11.1. The van der Waals surface area contributed by atoms with E-state index < -0.39 is 10.5 Å². The molecular weight excluding hydrogens is 238 g/mol. The highest BCUT2D eigenvalue weighted by Gasteiger charge is 2.58. The van der Waals surface area contributed by atoms with Crippen molar-refractivity contribution < 1.29 is 19.1 Å². The molecule has 0 bridgehead atoms. The minimum atomic E-state index is -0.545. The third-order valence-corrected chi connectivity index (χ3v) is 3.35. The van der Waals surface area contributed by atoms with E-state index in [4.69, 9.17) is 14.2 Å². The SMILES string of the molecule is COc1cc2c(c([N+](=O)[O-])c1)OC(C)(C)C1OC21. The summed E-state index contributed by atoms with van der Waals surface area (Å²) < 4.78 is 16.4. The number of fused-ring (bicyclic) bond motifs is 3. The van der Waals surface area contributed by atoms with Crippen LogP contribution < -0.4 is 9.47 Å². The maximum Gasteiger partial charge on any atom is 0.315 e. The number of ether oxygens (including phenoxy) is 3.